The van der Waals surface area contributed by atoms with Gasteiger partial charge in [-0.1, -0.05) is 30.0 Å². The molecule has 0 spiro atoms. The summed E-state index contributed by atoms with van der Waals surface area (Å²) in [7, 11) is -2.92. The molecule has 8 heteroatoms. The van der Waals surface area contributed by atoms with Gasteiger partial charge in [-0.3, -0.25) is 5.43 Å². The van der Waals surface area contributed by atoms with E-state index in [0.29, 0.717) is 6.42 Å². The van der Waals surface area contributed by atoms with Crippen molar-refractivity contribution in [3.05, 3.63) is 52.8 Å². The molecule has 2 aromatic rings. The first-order valence-corrected chi connectivity index (χ1v) is 12.1. The van der Waals surface area contributed by atoms with Crippen LogP contribution < -0.4 is 5.43 Å². The number of nitrogens with zero attached hydrogens (tertiary/aromatic N) is 3. The molecule has 0 radical (unpaired) electrons. The zero-order valence-electron chi connectivity index (χ0n) is 16.3. The van der Waals surface area contributed by atoms with E-state index in [1.165, 1.54) is 0 Å². The summed E-state index contributed by atoms with van der Waals surface area (Å²) in [5, 5.41) is 5.35. The molecule has 0 aliphatic carbocycles. The van der Waals surface area contributed by atoms with Gasteiger partial charge in [-0.25, -0.2) is 13.4 Å². The van der Waals surface area contributed by atoms with Crippen LogP contribution in [-0.2, 0) is 9.84 Å². The lowest BCUT2D eigenvalue weighted by Crippen LogP contribution is -2.25. The van der Waals surface area contributed by atoms with Gasteiger partial charge in [0.1, 0.15) is 0 Å². The molecule has 4 rings (SSSR count). The standard InChI is InChI=1S/C20H24N4O2S2/c1-13-6-4-5-7-18(13)21-20-23-22-19(11-27-20)17-10-14(2)24(15(17)3)16-8-9-28(25,26)12-16/h4-7,10,16H,8-9,11-12H2,1-3H3,(H,21,23)/t16-/m0/s1. The van der Waals surface area contributed by atoms with Gasteiger partial charge in [0.2, 0.25) is 0 Å². The molecule has 28 heavy (non-hydrogen) atoms. The second-order valence-corrected chi connectivity index (χ2v) is 10.6. The highest BCUT2D eigenvalue weighted by Crippen LogP contribution is 2.30. The minimum atomic E-state index is -2.92. The number of sulfone groups is 1. The number of hydrazone groups is 1. The summed E-state index contributed by atoms with van der Waals surface area (Å²) in [5.41, 5.74) is 9.36. The first kappa shape index (κ1) is 19.3. The number of aryl methyl sites for hydroxylation is 2. The van der Waals surface area contributed by atoms with Crippen LogP contribution in [0.5, 0.6) is 0 Å². The number of rotatable bonds is 3. The van der Waals surface area contributed by atoms with Gasteiger partial charge in [0, 0.05) is 28.7 Å². The van der Waals surface area contributed by atoms with Crippen molar-refractivity contribution >= 4 is 38.2 Å². The minimum Gasteiger partial charge on any atom is -0.344 e. The van der Waals surface area contributed by atoms with Crippen molar-refractivity contribution in [2.45, 2.75) is 33.2 Å². The molecule has 0 unspecified atom stereocenters. The van der Waals surface area contributed by atoms with Crippen LogP contribution in [0.1, 0.15) is 35.0 Å². The Morgan fingerprint density at radius 1 is 1.25 bits per heavy atom. The van der Waals surface area contributed by atoms with Gasteiger partial charge in [0.25, 0.3) is 0 Å². The first-order chi connectivity index (χ1) is 13.3. The van der Waals surface area contributed by atoms with Crippen LogP contribution in [0.4, 0.5) is 5.69 Å². The number of para-hydroxylation sites is 1. The van der Waals surface area contributed by atoms with Crippen LogP contribution in [0.15, 0.2) is 40.4 Å². The third-order valence-electron chi connectivity index (χ3n) is 5.34. The van der Waals surface area contributed by atoms with Crippen LogP contribution in [-0.4, -0.2) is 41.1 Å². The predicted molar refractivity (Wildman–Crippen MR) is 117 cm³/mol. The Morgan fingerprint density at radius 3 is 2.68 bits per heavy atom. The van der Waals surface area contributed by atoms with Crippen LogP contribution in [0.2, 0.25) is 0 Å². The van der Waals surface area contributed by atoms with E-state index in [1.54, 1.807) is 11.8 Å². The molecular weight excluding hydrogens is 392 g/mol. The Bertz CT molecular complexity index is 1080. The maximum Gasteiger partial charge on any atom is 0.182 e. The second-order valence-electron chi connectivity index (χ2n) is 7.37. The van der Waals surface area contributed by atoms with Gasteiger partial charge < -0.3 is 4.57 Å². The highest BCUT2D eigenvalue weighted by atomic mass is 32.2. The zero-order chi connectivity index (χ0) is 19.9. The highest BCUT2D eigenvalue weighted by Gasteiger charge is 2.31. The third kappa shape index (κ3) is 3.75. The van der Waals surface area contributed by atoms with Gasteiger partial charge in [0.05, 0.1) is 22.9 Å². The molecule has 0 amide bonds. The molecule has 6 nitrogen and oxygen atoms in total. The topological polar surface area (TPSA) is 75.8 Å². The number of amidine groups is 1. The molecule has 0 bridgehead atoms. The summed E-state index contributed by atoms with van der Waals surface area (Å²) >= 11 is 1.63. The van der Waals surface area contributed by atoms with E-state index >= 15 is 0 Å². The van der Waals surface area contributed by atoms with Crippen molar-refractivity contribution in [3.8, 4) is 0 Å². The highest BCUT2D eigenvalue weighted by molar-refractivity contribution is 8.14. The molecule has 1 atom stereocenters. The van der Waals surface area contributed by atoms with Crippen LogP contribution in [0.3, 0.4) is 0 Å². The van der Waals surface area contributed by atoms with Crippen LogP contribution >= 0.6 is 11.8 Å². The number of hydrogen-bond donors (Lipinski definition) is 1. The summed E-state index contributed by atoms with van der Waals surface area (Å²) < 4.78 is 26.0. The fraction of sp³-hybridized carbons (Fsp3) is 0.400. The fourth-order valence-electron chi connectivity index (χ4n) is 3.92. The van der Waals surface area contributed by atoms with Crippen molar-refractivity contribution in [2.75, 3.05) is 17.3 Å². The zero-order valence-corrected chi connectivity index (χ0v) is 17.9. The maximum absolute atomic E-state index is 11.9. The lowest BCUT2D eigenvalue weighted by molar-refractivity contribution is 0.535. The molecule has 1 N–H and O–H groups in total. The summed E-state index contributed by atoms with van der Waals surface area (Å²) in [4.78, 5) is 4.66. The molecular formula is C20H24N4O2S2. The molecule has 2 aliphatic rings. The first-order valence-electron chi connectivity index (χ1n) is 9.33. The van der Waals surface area contributed by atoms with Gasteiger partial charge in [-0.2, -0.15) is 5.10 Å². The van der Waals surface area contributed by atoms with E-state index in [0.717, 1.165) is 44.8 Å². The SMILES string of the molecule is Cc1ccccc1N=C1NN=C(c2cc(C)n([C@H]3CCS(=O)(=O)C3)c2C)CS1. The molecule has 3 heterocycles. The largest absolute Gasteiger partial charge is 0.344 e. The summed E-state index contributed by atoms with van der Waals surface area (Å²) in [6.45, 7) is 6.13. The summed E-state index contributed by atoms with van der Waals surface area (Å²) in [6, 6.07) is 10.2. The van der Waals surface area contributed by atoms with Gasteiger partial charge in [-0.15, -0.1) is 0 Å². The van der Waals surface area contributed by atoms with Crippen LogP contribution in [0, 0.1) is 20.8 Å². The average Bonchev–Trinajstić information content (AvgIpc) is 3.16. The lowest BCUT2D eigenvalue weighted by atomic mass is 10.1. The van der Waals surface area contributed by atoms with Gasteiger partial charge in [-0.05, 0) is 44.9 Å². The third-order valence-corrected chi connectivity index (χ3v) is 7.96. The monoisotopic (exact) mass is 416 g/mol. The lowest BCUT2D eigenvalue weighted by Gasteiger charge is -2.18. The number of hydrogen-bond acceptors (Lipinski definition) is 5. The van der Waals surface area contributed by atoms with Gasteiger partial charge >= 0.3 is 0 Å². The second kappa shape index (κ2) is 7.40. The van der Waals surface area contributed by atoms with E-state index in [-0.39, 0.29) is 17.5 Å². The van der Waals surface area contributed by atoms with E-state index in [4.69, 9.17) is 0 Å². The van der Waals surface area contributed by atoms with E-state index < -0.39 is 9.84 Å². The summed E-state index contributed by atoms with van der Waals surface area (Å²) in [5.74, 6) is 1.24. The molecule has 1 saturated heterocycles. The Labute approximate surface area is 170 Å². The Morgan fingerprint density at radius 2 is 2.04 bits per heavy atom. The van der Waals surface area contributed by atoms with E-state index in [1.807, 2.05) is 38.1 Å². The molecule has 1 fully saturated rings. The van der Waals surface area contributed by atoms with Crippen molar-refractivity contribution in [1.82, 2.24) is 9.99 Å². The quantitative estimate of drug-likeness (QED) is 0.831. The van der Waals surface area contributed by atoms with Crippen molar-refractivity contribution < 1.29 is 8.42 Å². The number of aliphatic imine (C=N–C) groups is 1. The average molecular weight is 417 g/mol. The van der Waals surface area contributed by atoms with Crippen LogP contribution in [0.25, 0.3) is 0 Å². The smallest absolute Gasteiger partial charge is 0.182 e. The minimum absolute atomic E-state index is 0.0294. The number of benzene rings is 1. The molecule has 1 aromatic heterocycles. The Kier molecular flexibility index (Phi) is 5.09. The number of nitrogens with one attached hydrogen (secondary N) is 1. The molecule has 0 saturated carbocycles. The number of thioether (sulfide) groups is 1. The Balaban J connectivity index is 1.57. The molecule has 1 aromatic carbocycles. The summed E-state index contributed by atoms with van der Waals surface area (Å²) in [6.07, 6.45) is 0.685. The maximum atomic E-state index is 11.9. The molecule has 148 valence electrons. The van der Waals surface area contributed by atoms with Crippen molar-refractivity contribution in [3.63, 3.8) is 0 Å². The fourth-order valence-corrected chi connectivity index (χ4v) is 6.39. The van der Waals surface area contributed by atoms with Crippen molar-refractivity contribution in [2.24, 2.45) is 10.1 Å². The van der Waals surface area contributed by atoms with Crippen molar-refractivity contribution in [1.29, 1.82) is 0 Å². The number of aromatic nitrogens is 1. The normalized spacial score (nSPS) is 22.9. The predicted octanol–water partition coefficient (Wildman–Crippen LogP) is 3.50. The molecule has 2 aliphatic heterocycles. The van der Waals surface area contributed by atoms with Gasteiger partial charge in [0.15, 0.2) is 15.0 Å². The van der Waals surface area contributed by atoms with E-state index in [2.05, 4.69) is 33.1 Å². The van der Waals surface area contributed by atoms with E-state index in [9.17, 15) is 8.42 Å². The Hall–Kier alpha value is -2.06.